The summed E-state index contributed by atoms with van der Waals surface area (Å²) in [6.45, 7) is 2.70. The van der Waals surface area contributed by atoms with Gasteiger partial charge >= 0.3 is 0 Å². The molecule has 4 aromatic rings. The Morgan fingerprint density at radius 1 is 0.857 bits per heavy atom. The lowest BCUT2D eigenvalue weighted by molar-refractivity contribution is 0.628. The molecule has 0 fully saturated rings. The molecule has 2 aromatic carbocycles. The lowest BCUT2D eigenvalue weighted by Gasteiger charge is -2.12. The van der Waals surface area contributed by atoms with Gasteiger partial charge in [0.25, 0.3) is 0 Å². The summed E-state index contributed by atoms with van der Waals surface area (Å²) >= 11 is 0. The van der Waals surface area contributed by atoms with Crippen molar-refractivity contribution < 1.29 is 4.39 Å². The Kier molecular flexibility index (Phi) is 5.06. The molecule has 4 nitrogen and oxygen atoms in total. The molecule has 0 radical (unpaired) electrons. The van der Waals surface area contributed by atoms with Crippen molar-refractivity contribution in [3.05, 3.63) is 96.2 Å². The first-order valence-corrected chi connectivity index (χ1v) is 9.02. The standard InChI is InChI=1S/C23H19FN4/c1-16-2-4-17(5-3-16)14-26-23-27-15-21(18-6-8-20(24)9-7-18)22(28-23)19-10-12-25-13-11-19/h2-13,15H,14H2,1H3,(H,26,27,28). The lowest BCUT2D eigenvalue weighted by Crippen LogP contribution is -2.05. The van der Waals surface area contributed by atoms with Crippen molar-refractivity contribution in [3.8, 4) is 22.4 Å². The minimum atomic E-state index is -0.272. The number of rotatable bonds is 5. The molecule has 0 aliphatic rings. The summed E-state index contributed by atoms with van der Waals surface area (Å²) in [5.41, 5.74) is 5.78. The predicted octanol–water partition coefficient (Wildman–Crippen LogP) is 5.27. The van der Waals surface area contributed by atoms with Gasteiger partial charge in [-0.05, 0) is 42.3 Å². The molecular formula is C23H19FN4. The topological polar surface area (TPSA) is 50.7 Å². The Balaban J connectivity index is 1.68. The summed E-state index contributed by atoms with van der Waals surface area (Å²) in [5.74, 6) is 0.268. The second-order valence-corrected chi connectivity index (χ2v) is 6.54. The number of aromatic nitrogens is 3. The Bertz CT molecular complexity index is 1060. The van der Waals surface area contributed by atoms with Gasteiger partial charge in [0.2, 0.25) is 5.95 Å². The van der Waals surface area contributed by atoms with Crippen molar-refractivity contribution in [2.24, 2.45) is 0 Å². The minimum Gasteiger partial charge on any atom is -0.350 e. The van der Waals surface area contributed by atoms with Gasteiger partial charge in [-0.1, -0.05) is 42.0 Å². The molecule has 0 amide bonds. The van der Waals surface area contributed by atoms with E-state index in [1.54, 1.807) is 30.7 Å². The van der Waals surface area contributed by atoms with E-state index >= 15 is 0 Å². The second-order valence-electron chi connectivity index (χ2n) is 6.54. The number of nitrogens with one attached hydrogen (secondary N) is 1. The number of nitrogens with zero attached hydrogens (tertiary/aromatic N) is 3. The van der Waals surface area contributed by atoms with Gasteiger partial charge in [0.15, 0.2) is 0 Å². The second kappa shape index (κ2) is 7.96. The maximum Gasteiger partial charge on any atom is 0.223 e. The zero-order valence-corrected chi connectivity index (χ0v) is 15.4. The molecule has 2 heterocycles. The summed E-state index contributed by atoms with van der Waals surface area (Å²) in [6, 6.07) is 18.5. The third-order valence-corrected chi connectivity index (χ3v) is 4.47. The van der Waals surface area contributed by atoms with Crippen molar-refractivity contribution >= 4 is 5.95 Å². The number of aryl methyl sites for hydroxylation is 1. The molecular weight excluding hydrogens is 351 g/mol. The number of anilines is 1. The van der Waals surface area contributed by atoms with Crippen LogP contribution in [0, 0.1) is 12.7 Å². The first-order valence-electron chi connectivity index (χ1n) is 9.02. The zero-order valence-electron chi connectivity index (χ0n) is 15.4. The Labute approximate surface area is 163 Å². The summed E-state index contributed by atoms with van der Waals surface area (Å²) in [4.78, 5) is 13.3. The van der Waals surface area contributed by atoms with Gasteiger partial charge in [-0.25, -0.2) is 14.4 Å². The SMILES string of the molecule is Cc1ccc(CNc2ncc(-c3ccc(F)cc3)c(-c3ccncc3)n2)cc1. The van der Waals surface area contributed by atoms with E-state index in [1.807, 2.05) is 12.1 Å². The fourth-order valence-electron chi connectivity index (χ4n) is 2.92. The number of hydrogen-bond donors (Lipinski definition) is 1. The van der Waals surface area contributed by atoms with E-state index in [4.69, 9.17) is 4.98 Å². The first-order chi connectivity index (χ1) is 13.7. The molecule has 0 aliphatic carbocycles. The Hall–Kier alpha value is -3.60. The van der Waals surface area contributed by atoms with Crippen LogP contribution in [-0.2, 0) is 6.54 Å². The fraction of sp³-hybridized carbons (Fsp3) is 0.0870. The van der Waals surface area contributed by atoms with Gasteiger partial charge in [-0.3, -0.25) is 4.98 Å². The largest absolute Gasteiger partial charge is 0.350 e. The van der Waals surface area contributed by atoms with Crippen LogP contribution >= 0.6 is 0 Å². The van der Waals surface area contributed by atoms with Crippen LogP contribution in [0.4, 0.5) is 10.3 Å². The van der Waals surface area contributed by atoms with Crippen LogP contribution < -0.4 is 5.32 Å². The number of benzene rings is 2. The molecule has 0 unspecified atom stereocenters. The van der Waals surface area contributed by atoms with E-state index in [-0.39, 0.29) is 5.82 Å². The van der Waals surface area contributed by atoms with Gasteiger partial charge in [-0.15, -0.1) is 0 Å². The van der Waals surface area contributed by atoms with E-state index in [9.17, 15) is 4.39 Å². The van der Waals surface area contributed by atoms with Crippen LogP contribution in [-0.4, -0.2) is 15.0 Å². The summed E-state index contributed by atoms with van der Waals surface area (Å²) < 4.78 is 13.3. The third-order valence-electron chi connectivity index (χ3n) is 4.47. The highest BCUT2D eigenvalue weighted by Crippen LogP contribution is 2.30. The van der Waals surface area contributed by atoms with Crippen LogP contribution in [0.1, 0.15) is 11.1 Å². The van der Waals surface area contributed by atoms with Gasteiger partial charge in [0.05, 0.1) is 5.69 Å². The fourth-order valence-corrected chi connectivity index (χ4v) is 2.92. The Morgan fingerprint density at radius 2 is 1.57 bits per heavy atom. The number of halogens is 1. The van der Waals surface area contributed by atoms with Gasteiger partial charge < -0.3 is 5.32 Å². The molecule has 1 N–H and O–H groups in total. The van der Waals surface area contributed by atoms with Crippen molar-refractivity contribution in [1.29, 1.82) is 0 Å². The molecule has 0 bridgehead atoms. The van der Waals surface area contributed by atoms with Gasteiger partial charge in [0, 0.05) is 36.3 Å². The number of hydrogen-bond acceptors (Lipinski definition) is 4. The summed E-state index contributed by atoms with van der Waals surface area (Å²) in [5, 5.41) is 3.28. The molecule has 0 aliphatic heterocycles. The third kappa shape index (κ3) is 4.04. The number of pyridine rings is 1. The summed E-state index contributed by atoms with van der Waals surface area (Å²) in [7, 11) is 0. The molecule has 0 saturated carbocycles. The van der Waals surface area contributed by atoms with E-state index in [0.717, 1.165) is 27.9 Å². The van der Waals surface area contributed by atoms with Crippen molar-refractivity contribution in [1.82, 2.24) is 15.0 Å². The van der Waals surface area contributed by atoms with Gasteiger partial charge in [-0.2, -0.15) is 0 Å². The van der Waals surface area contributed by atoms with Crippen LogP contribution in [0.15, 0.2) is 79.3 Å². The maximum atomic E-state index is 13.3. The highest BCUT2D eigenvalue weighted by molar-refractivity contribution is 5.80. The van der Waals surface area contributed by atoms with E-state index in [2.05, 4.69) is 46.5 Å². The van der Waals surface area contributed by atoms with Crippen LogP contribution in [0.3, 0.4) is 0 Å². The van der Waals surface area contributed by atoms with E-state index in [0.29, 0.717) is 12.5 Å². The van der Waals surface area contributed by atoms with Gasteiger partial charge in [0.1, 0.15) is 5.82 Å². The maximum absolute atomic E-state index is 13.3. The molecule has 4 rings (SSSR count). The molecule has 0 atom stereocenters. The average Bonchev–Trinajstić information content (AvgIpc) is 2.74. The Morgan fingerprint density at radius 3 is 2.29 bits per heavy atom. The van der Waals surface area contributed by atoms with E-state index in [1.165, 1.54) is 17.7 Å². The molecule has 0 saturated heterocycles. The highest BCUT2D eigenvalue weighted by atomic mass is 19.1. The van der Waals surface area contributed by atoms with Crippen LogP contribution in [0.25, 0.3) is 22.4 Å². The van der Waals surface area contributed by atoms with Crippen molar-refractivity contribution in [3.63, 3.8) is 0 Å². The van der Waals surface area contributed by atoms with Crippen LogP contribution in [0.2, 0.25) is 0 Å². The van der Waals surface area contributed by atoms with E-state index < -0.39 is 0 Å². The summed E-state index contributed by atoms with van der Waals surface area (Å²) in [6.07, 6.45) is 5.23. The molecule has 5 heteroatoms. The van der Waals surface area contributed by atoms with Crippen molar-refractivity contribution in [2.45, 2.75) is 13.5 Å². The lowest BCUT2D eigenvalue weighted by atomic mass is 10.0. The molecule has 138 valence electrons. The molecule has 28 heavy (non-hydrogen) atoms. The highest BCUT2D eigenvalue weighted by Gasteiger charge is 2.12. The average molecular weight is 370 g/mol. The minimum absolute atomic E-state index is 0.272. The molecule has 0 spiro atoms. The molecule has 2 aromatic heterocycles. The normalized spacial score (nSPS) is 10.6. The van der Waals surface area contributed by atoms with Crippen LogP contribution in [0.5, 0.6) is 0 Å². The predicted molar refractivity (Wildman–Crippen MR) is 109 cm³/mol. The van der Waals surface area contributed by atoms with Crippen molar-refractivity contribution in [2.75, 3.05) is 5.32 Å². The zero-order chi connectivity index (χ0) is 19.3. The monoisotopic (exact) mass is 370 g/mol. The first kappa shape index (κ1) is 17.8. The smallest absolute Gasteiger partial charge is 0.223 e. The quantitative estimate of drug-likeness (QED) is 0.520.